The van der Waals surface area contributed by atoms with Gasteiger partial charge in [0.15, 0.2) is 0 Å². The predicted octanol–water partition coefficient (Wildman–Crippen LogP) is 5.27. The molecule has 198 valence electrons. The van der Waals surface area contributed by atoms with Gasteiger partial charge < -0.3 is 9.45 Å². The Morgan fingerprint density at radius 1 is 1.22 bits per heavy atom. The van der Waals surface area contributed by atoms with E-state index in [2.05, 4.69) is 9.82 Å². The standard InChI is InChI=1S/C24H29ClF4N4O2S/c1-13-9-15(26)10-16(21(13)25)22-17(31-36(35)23(2,3)4)7-8-32(22)20(34)12-33-19(24(27,28)29)11-18(30-33)14-5-6-14/h9-11,14,17,22,31H,5-8,12H2,1-4H3/t17-,22-,36?/m1/s1. The lowest BCUT2D eigenvalue weighted by Gasteiger charge is -2.32. The average molecular weight is 549 g/mol. The summed E-state index contributed by atoms with van der Waals surface area (Å²) in [7, 11) is 0. The highest BCUT2D eigenvalue weighted by Gasteiger charge is 2.44. The average Bonchev–Trinajstić information content (AvgIpc) is 3.38. The van der Waals surface area contributed by atoms with Gasteiger partial charge in [-0.15, -0.1) is 4.72 Å². The van der Waals surface area contributed by atoms with Crippen LogP contribution in [0.4, 0.5) is 17.6 Å². The summed E-state index contributed by atoms with van der Waals surface area (Å²) < 4.78 is 71.5. The number of nitrogens with zero attached hydrogens (tertiary/aromatic N) is 3. The Labute approximate surface area is 215 Å². The number of nitrogens with one attached hydrogen (secondary N) is 1. The van der Waals surface area contributed by atoms with E-state index in [0.717, 1.165) is 18.9 Å². The molecule has 0 spiro atoms. The van der Waals surface area contributed by atoms with Gasteiger partial charge in [-0.1, -0.05) is 11.6 Å². The number of alkyl halides is 3. The Morgan fingerprint density at radius 2 is 1.89 bits per heavy atom. The molecular weight excluding hydrogens is 520 g/mol. The Hall–Kier alpha value is -1.82. The molecule has 1 aliphatic heterocycles. The number of aromatic nitrogens is 2. The van der Waals surface area contributed by atoms with Crippen LogP contribution in [0, 0.1) is 12.7 Å². The first-order valence-electron chi connectivity index (χ1n) is 11.7. The molecule has 1 N–H and O–H groups in total. The molecule has 2 heterocycles. The van der Waals surface area contributed by atoms with Crippen LogP contribution in [-0.4, -0.2) is 42.5 Å². The van der Waals surface area contributed by atoms with Gasteiger partial charge in [-0.3, -0.25) is 9.48 Å². The third-order valence-corrected chi connectivity index (χ3v) is 8.61. The molecule has 0 radical (unpaired) electrons. The number of hydrogen-bond donors (Lipinski definition) is 1. The van der Waals surface area contributed by atoms with Crippen molar-refractivity contribution in [1.82, 2.24) is 19.4 Å². The maximum atomic E-state index is 14.4. The normalized spacial score (nSPS) is 21.8. The van der Waals surface area contributed by atoms with E-state index in [9.17, 15) is 26.9 Å². The lowest BCUT2D eigenvalue weighted by molar-refractivity contribution is -0.146. The highest BCUT2D eigenvalue weighted by atomic mass is 35.5. The summed E-state index contributed by atoms with van der Waals surface area (Å²) >= 11 is 5.02. The molecule has 1 amide bonds. The Morgan fingerprint density at radius 3 is 2.47 bits per heavy atom. The van der Waals surface area contributed by atoms with Crippen molar-refractivity contribution < 1.29 is 26.9 Å². The molecule has 1 saturated carbocycles. The zero-order chi connectivity index (χ0) is 26.6. The first-order chi connectivity index (χ1) is 16.7. The Bertz CT molecular complexity index is 1150. The van der Waals surface area contributed by atoms with Gasteiger partial charge >= 0.3 is 6.18 Å². The van der Waals surface area contributed by atoms with Crippen molar-refractivity contribution in [2.75, 3.05) is 6.54 Å². The zero-order valence-corrected chi connectivity index (χ0v) is 22.0. The highest BCUT2D eigenvalue weighted by Crippen LogP contribution is 2.42. The van der Waals surface area contributed by atoms with Gasteiger partial charge in [0, 0.05) is 28.8 Å². The molecule has 12 heteroatoms. The van der Waals surface area contributed by atoms with E-state index < -0.39 is 58.3 Å². The summed E-state index contributed by atoms with van der Waals surface area (Å²) in [6, 6.07) is 2.13. The van der Waals surface area contributed by atoms with Crippen LogP contribution in [0.3, 0.4) is 0 Å². The Kier molecular flexibility index (Phi) is 7.42. The van der Waals surface area contributed by atoms with Crippen LogP contribution in [0.2, 0.25) is 5.02 Å². The number of carbonyl (C=O) groups excluding carboxylic acids is 1. The molecule has 6 nitrogen and oxygen atoms in total. The lowest BCUT2D eigenvalue weighted by atomic mass is 9.98. The fourth-order valence-corrected chi connectivity index (χ4v) is 5.54. The summed E-state index contributed by atoms with van der Waals surface area (Å²) in [5.74, 6) is -1.18. The molecule has 2 aromatic rings. The molecule has 36 heavy (non-hydrogen) atoms. The van der Waals surface area contributed by atoms with Gasteiger partial charge in [0.2, 0.25) is 5.91 Å². The molecule has 4 rings (SSSR count). The maximum Gasteiger partial charge on any atom is 0.433 e. The van der Waals surface area contributed by atoms with Crippen molar-refractivity contribution in [3.05, 3.63) is 51.6 Å². The van der Waals surface area contributed by atoms with Crippen LogP contribution in [0.5, 0.6) is 0 Å². The molecule has 1 aliphatic carbocycles. The van der Waals surface area contributed by atoms with Crippen molar-refractivity contribution in [2.24, 2.45) is 0 Å². The first kappa shape index (κ1) is 27.2. The number of halogens is 5. The van der Waals surface area contributed by atoms with Crippen LogP contribution in [0.15, 0.2) is 18.2 Å². The summed E-state index contributed by atoms with van der Waals surface area (Å²) in [6.45, 7) is 6.54. The second-order valence-corrected chi connectivity index (χ2v) is 12.8. The van der Waals surface area contributed by atoms with Crippen molar-refractivity contribution >= 4 is 28.9 Å². The minimum Gasteiger partial charge on any atom is -0.598 e. The minimum absolute atomic E-state index is 0.0166. The van der Waals surface area contributed by atoms with Gasteiger partial charge in [-0.2, -0.15) is 18.3 Å². The topological polar surface area (TPSA) is 73.2 Å². The van der Waals surface area contributed by atoms with E-state index in [0.29, 0.717) is 27.9 Å². The van der Waals surface area contributed by atoms with E-state index in [-0.39, 0.29) is 17.5 Å². The fraction of sp³-hybridized carbons (Fsp3) is 0.583. The minimum atomic E-state index is -4.67. The van der Waals surface area contributed by atoms with Crippen molar-refractivity contribution in [3.8, 4) is 0 Å². The van der Waals surface area contributed by atoms with E-state index in [4.69, 9.17) is 11.6 Å². The molecule has 1 aromatic carbocycles. The molecule has 2 aliphatic rings. The molecular formula is C24H29ClF4N4O2S. The van der Waals surface area contributed by atoms with Crippen LogP contribution in [0.1, 0.15) is 74.5 Å². The van der Waals surface area contributed by atoms with Crippen LogP contribution >= 0.6 is 11.6 Å². The number of likely N-dealkylation sites (tertiary alicyclic amines) is 1. The number of rotatable bonds is 6. The molecule has 3 atom stereocenters. The quantitative estimate of drug-likeness (QED) is 0.394. The number of hydrogen-bond acceptors (Lipinski definition) is 4. The zero-order valence-electron chi connectivity index (χ0n) is 20.5. The van der Waals surface area contributed by atoms with Gasteiger partial charge in [0.25, 0.3) is 0 Å². The van der Waals surface area contributed by atoms with Crippen molar-refractivity contribution in [3.63, 3.8) is 0 Å². The maximum absolute atomic E-state index is 14.4. The van der Waals surface area contributed by atoms with Crippen LogP contribution in [-0.2, 0) is 28.9 Å². The van der Waals surface area contributed by atoms with E-state index in [1.165, 1.54) is 17.0 Å². The van der Waals surface area contributed by atoms with Crippen LogP contribution in [0.25, 0.3) is 0 Å². The van der Waals surface area contributed by atoms with Crippen LogP contribution < -0.4 is 4.72 Å². The van der Waals surface area contributed by atoms with E-state index in [1.54, 1.807) is 27.7 Å². The highest BCUT2D eigenvalue weighted by molar-refractivity contribution is 7.90. The summed E-state index contributed by atoms with van der Waals surface area (Å²) in [4.78, 5) is 14.8. The first-order valence-corrected chi connectivity index (χ1v) is 13.3. The third-order valence-electron chi connectivity index (χ3n) is 6.47. The fourth-order valence-electron chi connectivity index (χ4n) is 4.44. The van der Waals surface area contributed by atoms with Gasteiger partial charge in [-0.05, 0) is 76.3 Å². The third kappa shape index (κ3) is 5.69. The monoisotopic (exact) mass is 548 g/mol. The molecule has 2 fully saturated rings. The summed E-state index contributed by atoms with van der Waals surface area (Å²) in [6.07, 6.45) is -2.76. The van der Waals surface area contributed by atoms with Gasteiger partial charge in [-0.25, -0.2) is 4.39 Å². The number of aryl methyl sites for hydroxylation is 1. The molecule has 1 saturated heterocycles. The van der Waals surface area contributed by atoms with Gasteiger partial charge in [0.1, 0.15) is 22.8 Å². The predicted molar refractivity (Wildman–Crippen MR) is 129 cm³/mol. The smallest absolute Gasteiger partial charge is 0.433 e. The largest absolute Gasteiger partial charge is 0.598 e. The van der Waals surface area contributed by atoms with E-state index in [1.807, 2.05) is 0 Å². The second kappa shape index (κ2) is 9.81. The number of benzene rings is 1. The SMILES string of the molecule is Cc1cc(F)cc([C@@H]2[C@H](N[S+]([O-])C(C)(C)C)CCN2C(=O)Cn2nc(C3CC3)cc2C(F)(F)F)c1Cl. The lowest BCUT2D eigenvalue weighted by Crippen LogP contribution is -2.47. The molecule has 1 unspecified atom stereocenters. The van der Waals surface area contributed by atoms with Crippen molar-refractivity contribution in [2.45, 2.75) is 82.4 Å². The van der Waals surface area contributed by atoms with Gasteiger partial charge in [0.05, 0.1) is 17.8 Å². The summed E-state index contributed by atoms with van der Waals surface area (Å²) in [5.41, 5.74) is 0.134. The van der Waals surface area contributed by atoms with Crippen molar-refractivity contribution in [1.29, 1.82) is 0 Å². The number of carbonyl (C=O) groups is 1. The summed E-state index contributed by atoms with van der Waals surface area (Å²) in [5, 5.41) is 4.34. The second-order valence-electron chi connectivity index (χ2n) is 10.4. The molecule has 0 bridgehead atoms. The number of amides is 1. The Balaban J connectivity index is 1.67. The molecule has 1 aromatic heterocycles. The van der Waals surface area contributed by atoms with E-state index >= 15 is 0 Å².